The summed E-state index contributed by atoms with van der Waals surface area (Å²) in [5.41, 5.74) is 9.29. The Morgan fingerprint density at radius 3 is 2.95 bits per heavy atom. The number of aromatic nitrogens is 4. The third kappa shape index (κ3) is 2.20. The lowest BCUT2D eigenvalue weighted by molar-refractivity contribution is 0.797. The number of rotatable bonds is 3. The molecule has 0 aliphatic rings. The van der Waals surface area contributed by atoms with Crippen molar-refractivity contribution >= 4 is 10.9 Å². The molecule has 3 rings (SSSR count). The quantitative estimate of drug-likeness (QED) is 0.770. The van der Waals surface area contributed by atoms with Gasteiger partial charge in [-0.05, 0) is 25.6 Å². The maximum atomic E-state index is 5.53. The van der Waals surface area contributed by atoms with E-state index in [-0.39, 0.29) is 0 Å². The first-order valence-corrected chi connectivity index (χ1v) is 6.26. The van der Waals surface area contributed by atoms with E-state index in [0.29, 0.717) is 6.54 Å². The van der Waals surface area contributed by atoms with Crippen molar-refractivity contribution in [1.29, 1.82) is 0 Å². The van der Waals surface area contributed by atoms with Crippen LogP contribution in [-0.2, 0) is 6.42 Å². The molecule has 0 fully saturated rings. The van der Waals surface area contributed by atoms with Crippen molar-refractivity contribution in [2.75, 3.05) is 6.54 Å². The van der Waals surface area contributed by atoms with Gasteiger partial charge in [0.25, 0.3) is 0 Å². The lowest BCUT2D eigenvalue weighted by Gasteiger charge is -2.05. The van der Waals surface area contributed by atoms with Gasteiger partial charge in [0.1, 0.15) is 0 Å². The molecule has 0 aliphatic heterocycles. The van der Waals surface area contributed by atoms with Crippen molar-refractivity contribution < 1.29 is 0 Å². The number of aryl methyl sites for hydroxylation is 1. The zero-order valence-electron chi connectivity index (χ0n) is 10.7. The normalized spacial score (nSPS) is 11.1. The minimum Gasteiger partial charge on any atom is -0.330 e. The number of benzene rings is 1. The SMILES string of the molecule is Cc1ccc2cccc(-n3cc(CCN)nn3)c2n1. The second-order valence-corrected chi connectivity index (χ2v) is 4.49. The molecule has 0 radical (unpaired) electrons. The lowest BCUT2D eigenvalue weighted by atomic mass is 10.2. The lowest BCUT2D eigenvalue weighted by Crippen LogP contribution is -2.02. The first-order valence-electron chi connectivity index (χ1n) is 6.26. The Hall–Kier alpha value is -2.27. The van der Waals surface area contributed by atoms with Crippen LogP contribution in [0.2, 0.25) is 0 Å². The van der Waals surface area contributed by atoms with E-state index in [2.05, 4.69) is 21.4 Å². The standard InChI is InChI=1S/C14H15N5/c1-10-5-6-11-3-2-4-13(14(11)16-10)19-9-12(7-8-15)17-18-19/h2-6,9H,7-8,15H2,1H3. The van der Waals surface area contributed by atoms with E-state index in [0.717, 1.165) is 34.4 Å². The first kappa shape index (κ1) is 11.8. The molecule has 96 valence electrons. The molecular formula is C14H15N5. The number of nitrogens with two attached hydrogens (primary N) is 1. The summed E-state index contributed by atoms with van der Waals surface area (Å²) in [5, 5.41) is 9.37. The van der Waals surface area contributed by atoms with Gasteiger partial charge in [-0.2, -0.15) is 0 Å². The minimum atomic E-state index is 0.575. The monoisotopic (exact) mass is 253 g/mol. The minimum absolute atomic E-state index is 0.575. The smallest absolute Gasteiger partial charge is 0.0962 e. The fourth-order valence-electron chi connectivity index (χ4n) is 2.09. The highest BCUT2D eigenvalue weighted by molar-refractivity contribution is 5.86. The number of fused-ring (bicyclic) bond motifs is 1. The first-order chi connectivity index (χ1) is 9.28. The summed E-state index contributed by atoms with van der Waals surface area (Å²) in [5.74, 6) is 0. The molecule has 0 saturated heterocycles. The summed E-state index contributed by atoms with van der Waals surface area (Å²) in [7, 11) is 0. The Morgan fingerprint density at radius 2 is 2.11 bits per heavy atom. The van der Waals surface area contributed by atoms with Crippen LogP contribution in [0, 0.1) is 6.92 Å². The van der Waals surface area contributed by atoms with Crippen LogP contribution in [0.15, 0.2) is 36.5 Å². The predicted molar refractivity (Wildman–Crippen MR) is 74.2 cm³/mol. The molecule has 19 heavy (non-hydrogen) atoms. The fraction of sp³-hybridized carbons (Fsp3) is 0.214. The molecule has 3 aromatic rings. The Kier molecular flexibility index (Phi) is 2.97. The second kappa shape index (κ2) is 4.78. The van der Waals surface area contributed by atoms with Crippen LogP contribution >= 0.6 is 0 Å². The fourth-order valence-corrected chi connectivity index (χ4v) is 2.09. The van der Waals surface area contributed by atoms with Crippen LogP contribution in [0.4, 0.5) is 0 Å². The van der Waals surface area contributed by atoms with Gasteiger partial charge >= 0.3 is 0 Å². The molecule has 5 nitrogen and oxygen atoms in total. The summed E-state index contributed by atoms with van der Waals surface area (Å²) in [6.45, 7) is 2.56. The van der Waals surface area contributed by atoms with Gasteiger partial charge in [0, 0.05) is 17.5 Å². The Bertz CT molecular complexity index is 717. The summed E-state index contributed by atoms with van der Waals surface area (Å²) in [6, 6.07) is 10.1. The summed E-state index contributed by atoms with van der Waals surface area (Å²) in [6.07, 6.45) is 2.64. The van der Waals surface area contributed by atoms with Gasteiger partial charge in [0.05, 0.1) is 23.1 Å². The summed E-state index contributed by atoms with van der Waals surface area (Å²) in [4.78, 5) is 4.59. The molecule has 2 heterocycles. The van der Waals surface area contributed by atoms with Crippen LogP contribution in [0.25, 0.3) is 16.6 Å². The van der Waals surface area contributed by atoms with Crippen LogP contribution in [-0.4, -0.2) is 26.5 Å². The van der Waals surface area contributed by atoms with Gasteiger partial charge in [-0.3, -0.25) is 4.98 Å². The van der Waals surface area contributed by atoms with Crippen molar-refractivity contribution in [3.05, 3.63) is 47.9 Å². The van der Waals surface area contributed by atoms with E-state index in [1.165, 1.54) is 0 Å². The predicted octanol–water partition coefficient (Wildman–Crippen LogP) is 1.63. The molecule has 0 unspecified atom stereocenters. The molecule has 0 saturated carbocycles. The zero-order chi connectivity index (χ0) is 13.2. The summed E-state index contributed by atoms with van der Waals surface area (Å²) >= 11 is 0. The van der Waals surface area contributed by atoms with E-state index >= 15 is 0 Å². The van der Waals surface area contributed by atoms with Crippen molar-refractivity contribution in [2.24, 2.45) is 5.73 Å². The van der Waals surface area contributed by atoms with Gasteiger partial charge in [-0.1, -0.05) is 23.4 Å². The van der Waals surface area contributed by atoms with Crippen LogP contribution in [0.5, 0.6) is 0 Å². The Labute approximate surface area is 111 Å². The van der Waals surface area contributed by atoms with Gasteiger partial charge in [-0.25, -0.2) is 4.68 Å². The van der Waals surface area contributed by atoms with E-state index < -0.39 is 0 Å². The van der Waals surface area contributed by atoms with Gasteiger partial charge in [0.15, 0.2) is 0 Å². The van der Waals surface area contributed by atoms with Crippen molar-refractivity contribution in [3.8, 4) is 5.69 Å². The number of para-hydroxylation sites is 1. The highest BCUT2D eigenvalue weighted by Gasteiger charge is 2.07. The number of nitrogens with zero attached hydrogens (tertiary/aromatic N) is 4. The van der Waals surface area contributed by atoms with E-state index in [4.69, 9.17) is 5.73 Å². The average Bonchev–Trinajstić information content (AvgIpc) is 2.87. The van der Waals surface area contributed by atoms with Gasteiger partial charge in [-0.15, -0.1) is 5.10 Å². The molecular weight excluding hydrogens is 238 g/mol. The molecule has 0 bridgehead atoms. The van der Waals surface area contributed by atoms with E-state index in [9.17, 15) is 0 Å². The van der Waals surface area contributed by atoms with Gasteiger partial charge < -0.3 is 5.73 Å². The third-order valence-corrected chi connectivity index (χ3v) is 3.03. The Balaban J connectivity index is 2.15. The maximum absolute atomic E-state index is 5.53. The van der Waals surface area contributed by atoms with Crippen molar-refractivity contribution in [3.63, 3.8) is 0 Å². The molecule has 0 aliphatic carbocycles. The second-order valence-electron chi connectivity index (χ2n) is 4.49. The molecule has 0 amide bonds. The largest absolute Gasteiger partial charge is 0.330 e. The summed E-state index contributed by atoms with van der Waals surface area (Å²) < 4.78 is 1.76. The van der Waals surface area contributed by atoms with Gasteiger partial charge in [0.2, 0.25) is 0 Å². The highest BCUT2D eigenvalue weighted by Crippen LogP contribution is 2.20. The van der Waals surface area contributed by atoms with Crippen LogP contribution in [0.3, 0.4) is 0 Å². The van der Waals surface area contributed by atoms with E-state index in [1.807, 2.05) is 37.4 Å². The number of hydrogen-bond donors (Lipinski definition) is 1. The molecule has 0 spiro atoms. The number of hydrogen-bond acceptors (Lipinski definition) is 4. The molecule has 2 aromatic heterocycles. The highest BCUT2D eigenvalue weighted by atomic mass is 15.4. The number of pyridine rings is 1. The molecule has 0 atom stereocenters. The van der Waals surface area contributed by atoms with Crippen molar-refractivity contribution in [2.45, 2.75) is 13.3 Å². The van der Waals surface area contributed by atoms with Crippen LogP contribution in [0.1, 0.15) is 11.4 Å². The topological polar surface area (TPSA) is 69.6 Å². The maximum Gasteiger partial charge on any atom is 0.0962 e. The van der Waals surface area contributed by atoms with E-state index in [1.54, 1.807) is 4.68 Å². The van der Waals surface area contributed by atoms with Crippen molar-refractivity contribution in [1.82, 2.24) is 20.0 Å². The zero-order valence-corrected chi connectivity index (χ0v) is 10.7. The van der Waals surface area contributed by atoms with Crippen LogP contribution < -0.4 is 5.73 Å². The third-order valence-electron chi connectivity index (χ3n) is 3.03. The Morgan fingerprint density at radius 1 is 1.21 bits per heavy atom. The molecule has 2 N–H and O–H groups in total. The molecule has 1 aromatic carbocycles. The average molecular weight is 253 g/mol. The molecule has 5 heteroatoms.